The van der Waals surface area contributed by atoms with Crippen LogP contribution in [0.25, 0.3) is 11.1 Å². The Morgan fingerprint density at radius 2 is 1.58 bits per heavy atom. The van der Waals surface area contributed by atoms with E-state index in [-0.39, 0.29) is 12.0 Å². The molecule has 0 radical (unpaired) electrons. The second-order valence-electron chi connectivity index (χ2n) is 6.10. The van der Waals surface area contributed by atoms with Gasteiger partial charge in [-0.05, 0) is 41.6 Å². The van der Waals surface area contributed by atoms with Crippen LogP contribution >= 0.6 is 0 Å². The van der Waals surface area contributed by atoms with E-state index in [1.54, 1.807) is 0 Å². The number of benzene rings is 2. The third-order valence-corrected chi connectivity index (χ3v) is 4.49. The Morgan fingerprint density at radius 3 is 2.21 bits per heavy atom. The number of hydrogen-bond acceptors (Lipinski definition) is 3. The molecule has 1 amide bonds. The first kappa shape index (κ1) is 16.5. The van der Waals surface area contributed by atoms with Gasteiger partial charge in [0.15, 0.2) is 0 Å². The van der Waals surface area contributed by atoms with E-state index in [4.69, 9.17) is 10.5 Å². The summed E-state index contributed by atoms with van der Waals surface area (Å²) in [6, 6.07) is 16.7. The van der Waals surface area contributed by atoms with Crippen LogP contribution in [0.4, 0.5) is 4.79 Å². The molecule has 1 aliphatic carbocycles. The number of alkyl carbamates (subject to hydrolysis) is 1. The van der Waals surface area contributed by atoms with E-state index in [1.807, 2.05) is 24.3 Å². The van der Waals surface area contributed by atoms with E-state index in [2.05, 4.69) is 29.6 Å². The van der Waals surface area contributed by atoms with Crippen molar-refractivity contribution in [3.05, 3.63) is 59.7 Å². The van der Waals surface area contributed by atoms with Crippen molar-refractivity contribution in [1.82, 2.24) is 5.32 Å². The number of carbonyl (C=O) groups excluding carboxylic acids is 1. The molecule has 0 saturated carbocycles. The summed E-state index contributed by atoms with van der Waals surface area (Å²) < 4.78 is 5.47. The molecule has 0 spiro atoms. The Balaban J connectivity index is 1.58. The maximum absolute atomic E-state index is 11.9. The predicted octanol–water partition coefficient (Wildman–Crippen LogP) is 3.65. The fraction of sp³-hybridized carbons (Fsp3) is 0.350. The van der Waals surface area contributed by atoms with Gasteiger partial charge in [-0.15, -0.1) is 0 Å². The van der Waals surface area contributed by atoms with Gasteiger partial charge in [0.25, 0.3) is 0 Å². The highest BCUT2D eigenvalue weighted by Gasteiger charge is 2.28. The van der Waals surface area contributed by atoms with E-state index >= 15 is 0 Å². The number of amides is 1. The minimum atomic E-state index is -0.343. The third kappa shape index (κ3) is 3.60. The maximum atomic E-state index is 11.9. The van der Waals surface area contributed by atoms with E-state index in [9.17, 15) is 4.79 Å². The van der Waals surface area contributed by atoms with Gasteiger partial charge in [-0.2, -0.15) is 0 Å². The number of unbranched alkanes of at least 4 members (excludes halogenated alkanes) is 2. The number of fused-ring (bicyclic) bond motifs is 3. The summed E-state index contributed by atoms with van der Waals surface area (Å²) in [4.78, 5) is 11.9. The van der Waals surface area contributed by atoms with E-state index in [0.29, 0.717) is 19.7 Å². The molecule has 3 N–H and O–H groups in total. The largest absolute Gasteiger partial charge is 0.449 e. The molecule has 0 unspecified atom stereocenters. The van der Waals surface area contributed by atoms with Crippen LogP contribution < -0.4 is 11.1 Å². The summed E-state index contributed by atoms with van der Waals surface area (Å²) in [7, 11) is 0. The topological polar surface area (TPSA) is 64.3 Å². The number of ether oxygens (including phenoxy) is 1. The smallest absolute Gasteiger partial charge is 0.407 e. The lowest BCUT2D eigenvalue weighted by Gasteiger charge is -2.14. The fourth-order valence-electron chi connectivity index (χ4n) is 3.29. The Kier molecular flexibility index (Phi) is 5.49. The summed E-state index contributed by atoms with van der Waals surface area (Å²) in [6.07, 6.45) is 2.61. The summed E-state index contributed by atoms with van der Waals surface area (Å²) >= 11 is 0. The number of nitrogens with one attached hydrogen (secondary N) is 1. The average Bonchev–Trinajstić information content (AvgIpc) is 2.94. The van der Waals surface area contributed by atoms with Gasteiger partial charge >= 0.3 is 6.09 Å². The zero-order chi connectivity index (χ0) is 16.8. The van der Waals surface area contributed by atoms with Gasteiger partial charge in [-0.25, -0.2) is 4.79 Å². The first-order chi connectivity index (χ1) is 11.8. The number of rotatable bonds is 7. The molecule has 3 rings (SSSR count). The molecule has 4 heteroatoms. The normalized spacial score (nSPS) is 12.5. The van der Waals surface area contributed by atoms with Crippen LogP contribution in [0.3, 0.4) is 0 Å². The summed E-state index contributed by atoms with van der Waals surface area (Å²) in [5.74, 6) is 0.111. The Hall–Kier alpha value is -2.33. The standard InChI is InChI=1S/C20H24N2O2/c21-12-6-1-7-13-22-20(23)24-14-19-17-10-4-2-8-15(17)16-9-3-5-11-18(16)19/h2-5,8-11,19H,1,6-7,12-14,21H2,(H,22,23). The Morgan fingerprint density at radius 1 is 0.958 bits per heavy atom. The van der Waals surface area contributed by atoms with Crippen LogP contribution in [0.5, 0.6) is 0 Å². The van der Waals surface area contributed by atoms with Crippen molar-refractivity contribution in [2.45, 2.75) is 25.2 Å². The highest BCUT2D eigenvalue weighted by atomic mass is 16.5. The summed E-state index contributed by atoms with van der Waals surface area (Å²) in [5.41, 5.74) is 10.4. The van der Waals surface area contributed by atoms with Gasteiger partial charge in [0.05, 0.1) is 0 Å². The molecule has 0 aromatic heterocycles. The van der Waals surface area contributed by atoms with Gasteiger partial charge in [-0.3, -0.25) is 0 Å². The molecule has 4 nitrogen and oxygen atoms in total. The fourth-order valence-corrected chi connectivity index (χ4v) is 3.29. The molecule has 1 aliphatic rings. The number of hydrogen-bond donors (Lipinski definition) is 2. The summed E-state index contributed by atoms with van der Waals surface area (Å²) in [6.45, 7) is 1.70. The van der Waals surface area contributed by atoms with E-state index < -0.39 is 0 Å². The van der Waals surface area contributed by atoms with Gasteiger partial charge in [-0.1, -0.05) is 55.0 Å². The lowest BCUT2D eigenvalue weighted by molar-refractivity contribution is 0.143. The van der Waals surface area contributed by atoms with Gasteiger partial charge in [0.2, 0.25) is 0 Å². The minimum Gasteiger partial charge on any atom is -0.449 e. The Bertz CT molecular complexity index is 654. The van der Waals surface area contributed by atoms with Gasteiger partial charge < -0.3 is 15.8 Å². The SMILES string of the molecule is NCCCCCNC(=O)OCC1c2ccccc2-c2ccccc21. The molecule has 0 atom stereocenters. The first-order valence-corrected chi connectivity index (χ1v) is 8.60. The number of nitrogens with two attached hydrogens (primary N) is 1. The van der Waals surface area contributed by atoms with Gasteiger partial charge in [0.1, 0.15) is 6.61 Å². The maximum Gasteiger partial charge on any atom is 0.407 e. The van der Waals surface area contributed by atoms with Crippen molar-refractivity contribution in [3.8, 4) is 11.1 Å². The minimum absolute atomic E-state index is 0.111. The molecule has 0 aliphatic heterocycles. The van der Waals surface area contributed by atoms with Crippen molar-refractivity contribution in [2.75, 3.05) is 19.7 Å². The first-order valence-electron chi connectivity index (χ1n) is 8.60. The quantitative estimate of drug-likeness (QED) is 0.764. The highest BCUT2D eigenvalue weighted by Crippen LogP contribution is 2.44. The molecule has 0 heterocycles. The highest BCUT2D eigenvalue weighted by molar-refractivity contribution is 5.79. The van der Waals surface area contributed by atoms with Crippen molar-refractivity contribution in [2.24, 2.45) is 5.73 Å². The predicted molar refractivity (Wildman–Crippen MR) is 96.0 cm³/mol. The van der Waals surface area contributed by atoms with Crippen LogP contribution in [-0.2, 0) is 4.74 Å². The molecule has 0 bridgehead atoms. The molecule has 2 aromatic carbocycles. The molecule has 0 fully saturated rings. The molecule has 0 saturated heterocycles. The van der Waals surface area contributed by atoms with Crippen molar-refractivity contribution < 1.29 is 9.53 Å². The average molecular weight is 324 g/mol. The van der Waals surface area contributed by atoms with Crippen molar-refractivity contribution in [1.29, 1.82) is 0 Å². The Labute approximate surface area is 143 Å². The lowest BCUT2D eigenvalue weighted by atomic mass is 9.98. The second kappa shape index (κ2) is 7.97. The van der Waals surface area contributed by atoms with Crippen molar-refractivity contribution >= 4 is 6.09 Å². The van der Waals surface area contributed by atoms with Crippen LogP contribution in [-0.4, -0.2) is 25.8 Å². The van der Waals surface area contributed by atoms with Crippen LogP contribution in [0.1, 0.15) is 36.3 Å². The van der Waals surface area contributed by atoms with Crippen LogP contribution in [0.2, 0.25) is 0 Å². The number of carbonyl (C=O) groups is 1. The van der Waals surface area contributed by atoms with E-state index in [0.717, 1.165) is 19.3 Å². The van der Waals surface area contributed by atoms with Crippen molar-refractivity contribution in [3.63, 3.8) is 0 Å². The zero-order valence-electron chi connectivity index (χ0n) is 13.8. The molecule has 2 aromatic rings. The van der Waals surface area contributed by atoms with Gasteiger partial charge in [0, 0.05) is 12.5 Å². The van der Waals surface area contributed by atoms with E-state index in [1.165, 1.54) is 22.3 Å². The summed E-state index contributed by atoms with van der Waals surface area (Å²) in [5, 5.41) is 2.81. The molecule has 24 heavy (non-hydrogen) atoms. The monoisotopic (exact) mass is 324 g/mol. The second-order valence-corrected chi connectivity index (χ2v) is 6.10. The third-order valence-electron chi connectivity index (χ3n) is 4.49. The zero-order valence-corrected chi connectivity index (χ0v) is 13.8. The molecular weight excluding hydrogens is 300 g/mol. The molecule has 126 valence electrons. The lowest BCUT2D eigenvalue weighted by Crippen LogP contribution is -2.27. The van der Waals surface area contributed by atoms with Crippen LogP contribution in [0.15, 0.2) is 48.5 Å². The molecular formula is C20H24N2O2. The van der Waals surface area contributed by atoms with Crippen LogP contribution in [0, 0.1) is 0 Å².